The van der Waals surface area contributed by atoms with Gasteiger partial charge in [0, 0.05) is 6.54 Å². The van der Waals surface area contributed by atoms with Gasteiger partial charge in [-0.1, -0.05) is 30.3 Å². The quantitative estimate of drug-likeness (QED) is 0.224. The molecule has 0 radical (unpaired) electrons. The number of hydrogen-bond acceptors (Lipinski definition) is 4. The third kappa shape index (κ3) is 10.6. The van der Waals surface area contributed by atoms with Crippen LogP contribution in [0.4, 0.5) is 39.5 Å². The summed E-state index contributed by atoms with van der Waals surface area (Å²) in [4.78, 5) is -0.487. The zero-order chi connectivity index (χ0) is 26.1. The summed E-state index contributed by atoms with van der Waals surface area (Å²) in [6.45, 7) is -6.58. The van der Waals surface area contributed by atoms with Crippen molar-refractivity contribution >= 4 is 0 Å². The molecule has 4 nitrogen and oxygen atoms in total. The maximum atomic E-state index is 12.7. The molecule has 0 spiro atoms. The van der Waals surface area contributed by atoms with Crippen LogP contribution in [0.1, 0.15) is 17.5 Å². The van der Waals surface area contributed by atoms with Crippen LogP contribution in [0.5, 0.6) is 11.5 Å². The number of benzene rings is 2. The average molecular weight is 519 g/mol. The lowest BCUT2D eigenvalue weighted by molar-refractivity contribution is -0.274. The molecule has 0 aliphatic rings. The van der Waals surface area contributed by atoms with Gasteiger partial charge in [0.1, 0.15) is 24.9 Å². The summed E-state index contributed by atoms with van der Waals surface area (Å²) in [7, 11) is 0. The van der Waals surface area contributed by atoms with Crippen molar-refractivity contribution in [2.24, 2.45) is 0 Å². The van der Waals surface area contributed by atoms with Crippen molar-refractivity contribution in [3.63, 3.8) is 0 Å². The summed E-state index contributed by atoms with van der Waals surface area (Å²) in [6, 6.07) is 11.7. The van der Waals surface area contributed by atoms with E-state index in [0.717, 1.165) is 6.07 Å². The van der Waals surface area contributed by atoms with E-state index >= 15 is 0 Å². The van der Waals surface area contributed by atoms with E-state index in [2.05, 4.69) is 9.47 Å². The van der Waals surface area contributed by atoms with Crippen LogP contribution in [0.3, 0.4) is 0 Å². The molecule has 13 heteroatoms. The average Bonchev–Trinajstić information content (AvgIpc) is 2.74. The number of ether oxygens (including phenoxy) is 3. The van der Waals surface area contributed by atoms with Crippen molar-refractivity contribution in [2.45, 2.75) is 44.6 Å². The SMILES string of the molecule is FCN(CCC(COc1ccccc1CCc1cccc(OC(F)(F)F)c1)OC(F)F)C(F)(F)F. The van der Waals surface area contributed by atoms with Gasteiger partial charge in [-0.2, -0.15) is 26.9 Å². The fourth-order valence-corrected chi connectivity index (χ4v) is 3.10. The molecule has 0 heterocycles. The molecule has 0 saturated heterocycles. The summed E-state index contributed by atoms with van der Waals surface area (Å²) in [6.07, 6.45) is -11.3. The van der Waals surface area contributed by atoms with Gasteiger partial charge in [0.25, 0.3) is 0 Å². The highest BCUT2D eigenvalue weighted by molar-refractivity contribution is 5.35. The van der Waals surface area contributed by atoms with E-state index in [0.29, 0.717) is 11.1 Å². The Morgan fingerprint density at radius 2 is 1.60 bits per heavy atom. The van der Waals surface area contributed by atoms with Gasteiger partial charge in [0.05, 0.1) is 6.10 Å². The lowest BCUT2D eigenvalue weighted by Crippen LogP contribution is -2.40. The summed E-state index contributed by atoms with van der Waals surface area (Å²) in [5, 5.41) is 0. The first-order chi connectivity index (χ1) is 16.4. The Bertz CT molecular complexity index is 906. The second-order valence-electron chi connectivity index (χ2n) is 7.27. The molecule has 0 amide bonds. The first kappa shape index (κ1) is 28.6. The highest BCUT2D eigenvalue weighted by Crippen LogP contribution is 2.26. The predicted molar refractivity (Wildman–Crippen MR) is 107 cm³/mol. The first-order valence-corrected chi connectivity index (χ1v) is 10.2. The van der Waals surface area contributed by atoms with Gasteiger partial charge in [0.15, 0.2) is 0 Å². The van der Waals surface area contributed by atoms with E-state index in [1.165, 1.54) is 18.2 Å². The molecule has 1 unspecified atom stereocenters. The minimum atomic E-state index is -4.97. The number of alkyl halides is 9. The first-order valence-electron chi connectivity index (χ1n) is 10.2. The van der Waals surface area contributed by atoms with Crippen molar-refractivity contribution in [3.8, 4) is 11.5 Å². The van der Waals surface area contributed by atoms with Gasteiger partial charge in [-0.3, -0.25) is 0 Å². The van der Waals surface area contributed by atoms with E-state index in [-0.39, 0.29) is 24.3 Å². The molecule has 0 N–H and O–H groups in total. The molecular formula is C22H22F9NO3. The number of rotatable bonds is 13. The Hall–Kier alpha value is -2.67. The van der Waals surface area contributed by atoms with E-state index in [9.17, 15) is 39.5 Å². The van der Waals surface area contributed by atoms with E-state index in [1.54, 1.807) is 24.3 Å². The molecule has 0 fully saturated rings. The Balaban J connectivity index is 2.01. The Kier molecular flexibility index (Phi) is 10.5. The second-order valence-corrected chi connectivity index (χ2v) is 7.27. The summed E-state index contributed by atoms with van der Waals surface area (Å²) in [5.74, 6) is -0.149. The van der Waals surface area contributed by atoms with Crippen molar-refractivity contribution in [2.75, 3.05) is 20.0 Å². The topological polar surface area (TPSA) is 30.9 Å². The fraction of sp³-hybridized carbons (Fsp3) is 0.455. The number of nitrogens with zero attached hydrogens (tertiary/aromatic N) is 1. The molecule has 0 bridgehead atoms. The standard InChI is InChI=1S/C22H22F9NO3/c23-14-32(21(26,27)28)11-10-18(34-20(24)25)13-33-19-7-2-1-5-16(19)9-8-15-4-3-6-17(12-15)35-22(29,30)31/h1-7,12,18,20H,8-11,13-14H2. The van der Waals surface area contributed by atoms with Crippen LogP contribution in [0.25, 0.3) is 0 Å². The molecular weight excluding hydrogens is 497 g/mol. The van der Waals surface area contributed by atoms with Gasteiger partial charge in [0.2, 0.25) is 0 Å². The molecule has 0 aromatic heterocycles. The second kappa shape index (κ2) is 12.9. The smallest absolute Gasteiger partial charge is 0.491 e. The molecule has 0 aliphatic carbocycles. The maximum absolute atomic E-state index is 12.7. The van der Waals surface area contributed by atoms with Gasteiger partial charge >= 0.3 is 19.3 Å². The van der Waals surface area contributed by atoms with Crippen LogP contribution < -0.4 is 9.47 Å². The van der Waals surface area contributed by atoms with Gasteiger partial charge in [-0.05, 0) is 48.6 Å². The lowest BCUT2D eigenvalue weighted by atomic mass is 10.0. The fourth-order valence-electron chi connectivity index (χ4n) is 3.10. The largest absolute Gasteiger partial charge is 0.573 e. The maximum Gasteiger partial charge on any atom is 0.573 e. The predicted octanol–water partition coefficient (Wildman–Crippen LogP) is 6.50. The van der Waals surface area contributed by atoms with Crippen LogP contribution in [0, 0.1) is 0 Å². The van der Waals surface area contributed by atoms with Crippen LogP contribution in [-0.2, 0) is 17.6 Å². The van der Waals surface area contributed by atoms with Crippen LogP contribution in [0.2, 0.25) is 0 Å². The van der Waals surface area contributed by atoms with Gasteiger partial charge in [-0.25, -0.2) is 4.39 Å². The molecule has 196 valence electrons. The number of aryl methyl sites for hydroxylation is 2. The van der Waals surface area contributed by atoms with Crippen LogP contribution in [0.15, 0.2) is 48.5 Å². The summed E-state index contributed by atoms with van der Waals surface area (Å²) in [5.41, 5.74) is 1.10. The zero-order valence-electron chi connectivity index (χ0n) is 18.1. The monoisotopic (exact) mass is 519 g/mol. The summed E-state index contributed by atoms with van der Waals surface area (Å²) >= 11 is 0. The molecule has 1 atom stereocenters. The van der Waals surface area contributed by atoms with Gasteiger partial charge in [-0.15, -0.1) is 13.2 Å². The Morgan fingerprint density at radius 1 is 0.886 bits per heavy atom. The number of para-hydroxylation sites is 1. The van der Waals surface area contributed by atoms with E-state index in [1.807, 2.05) is 0 Å². The third-order valence-electron chi connectivity index (χ3n) is 4.73. The Labute approximate surface area is 195 Å². The van der Waals surface area contributed by atoms with Crippen molar-refractivity contribution in [3.05, 3.63) is 59.7 Å². The lowest BCUT2D eigenvalue weighted by Gasteiger charge is -2.24. The zero-order valence-corrected chi connectivity index (χ0v) is 18.1. The van der Waals surface area contributed by atoms with Crippen molar-refractivity contribution in [1.82, 2.24) is 4.90 Å². The summed E-state index contributed by atoms with van der Waals surface area (Å²) < 4.78 is 127. The highest BCUT2D eigenvalue weighted by atomic mass is 19.4. The minimum Gasteiger partial charge on any atom is -0.491 e. The molecule has 0 saturated carbocycles. The Morgan fingerprint density at radius 3 is 2.23 bits per heavy atom. The number of halogens is 9. The highest BCUT2D eigenvalue weighted by Gasteiger charge is 2.37. The third-order valence-corrected chi connectivity index (χ3v) is 4.73. The molecule has 2 aromatic rings. The molecule has 2 aromatic carbocycles. The molecule has 0 aliphatic heterocycles. The van der Waals surface area contributed by atoms with Crippen molar-refractivity contribution < 1.29 is 53.7 Å². The van der Waals surface area contributed by atoms with Crippen molar-refractivity contribution in [1.29, 1.82) is 0 Å². The molecule has 35 heavy (non-hydrogen) atoms. The van der Waals surface area contributed by atoms with E-state index in [4.69, 9.17) is 4.74 Å². The normalized spacial score (nSPS) is 13.3. The van der Waals surface area contributed by atoms with Gasteiger partial charge < -0.3 is 14.2 Å². The molecule has 2 rings (SSSR count). The van der Waals surface area contributed by atoms with E-state index < -0.39 is 56.6 Å². The minimum absolute atomic E-state index is 0.233. The number of hydrogen-bond donors (Lipinski definition) is 0. The van der Waals surface area contributed by atoms with Crippen LogP contribution >= 0.6 is 0 Å². The van der Waals surface area contributed by atoms with Crippen LogP contribution in [-0.4, -0.2) is 50.2 Å².